The zero-order valence-corrected chi connectivity index (χ0v) is 12.3. The van der Waals surface area contributed by atoms with Gasteiger partial charge in [0, 0.05) is 17.8 Å². The van der Waals surface area contributed by atoms with Crippen molar-refractivity contribution in [2.24, 2.45) is 0 Å². The lowest BCUT2D eigenvalue weighted by molar-refractivity contribution is 0.303. The Morgan fingerprint density at radius 1 is 1.16 bits per heavy atom. The molecule has 4 heteroatoms. The molecule has 4 nitrogen and oxygen atoms in total. The second-order valence-corrected chi connectivity index (χ2v) is 5.16. The van der Waals surface area contributed by atoms with Crippen molar-refractivity contribution < 1.29 is 0 Å². The third kappa shape index (κ3) is 3.90. The molecule has 0 fully saturated rings. The molecule has 1 N–H and O–H groups in total. The third-order valence-electron chi connectivity index (χ3n) is 3.96. The van der Waals surface area contributed by atoms with Crippen molar-refractivity contribution >= 4 is 5.82 Å². The van der Waals surface area contributed by atoms with E-state index in [0.717, 1.165) is 44.8 Å². The average Bonchev–Trinajstić information content (AvgIpc) is 2.47. The van der Waals surface area contributed by atoms with E-state index in [9.17, 15) is 0 Å². The topological polar surface area (TPSA) is 41.0 Å². The fraction of sp³-hybridized carbons (Fsp3) is 0.733. The maximum absolute atomic E-state index is 4.41. The van der Waals surface area contributed by atoms with Crippen molar-refractivity contribution in [2.75, 3.05) is 31.5 Å². The van der Waals surface area contributed by atoms with Crippen LogP contribution in [0.3, 0.4) is 0 Å². The standard InChI is InChI=1S/C15H26N4/c1-3-19(4-2)11-7-10-16-15-13-8-5-6-9-14(13)17-12-18-15/h12H,3-11H2,1-2H3,(H,16,17,18). The number of hydrogen-bond donors (Lipinski definition) is 1. The molecule has 1 heterocycles. The Morgan fingerprint density at radius 2 is 1.95 bits per heavy atom. The number of anilines is 1. The summed E-state index contributed by atoms with van der Waals surface area (Å²) in [5, 5.41) is 3.50. The van der Waals surface area contributed by atoms with E-state index in [0.29, 0.717) is 0 Å². The lowest BCUT2D eigenvalue weighted by Gasteiger charge is -2.20. The number of rotatable bonds is 7. The van der Waals surface area contributed by atoms with Gasteiger partial charge in [-0.25, -0.2) is 9.97 Å². The van der Waals surface area contributed by atoms with E-state index >= 15 is 0 Å². The quantitative estimate of drug-likeness (QED) is 0.767. The molecule has 19 heavy (non-hydrogen) atoms. The fourth-order valence-corrected chi connectivity index (χ4v) is 2.72. The molecule has 0 amide bonds. The monoisotopic (exact) mass is 262 g/mol. The Labute approximate surface area is 116 Å². The molecule has 0 unspecified atom stereocenters. The highest BCUT2D eigenvalue weighted by Gasteiger charge is 2.14. The fourth-order valence-electron chi connectivity index (χ4n) is 2.72. The minimum Gasteiger partial charge on any atom is -0.370 e. The minimum atomic E-state index is 1.000. The molecular weight excluding hydrogens is 236 g/mol. The van der Waals surface area contributed by atoms with Crippen molar-refractivity contribution in [2.45, 2.75) is 46.0 Å². The first-order chi connectivity index (χ1) is 9.35. The van der Waals surface area contributed by atoms with Gasteiger partial charge in [-0.05, 0) is 51.7 Å². The average molecular weight is 262 g/mol. The van der Waals surface area contributed by atoms with Crippen LogP contribution in [0.2, 0.25) is 0 Å². The first-order valence-corrected chi connectivity index (χ1v) is 7.64. The van der Waals surface area contributed by atoms with Crippen molar-refractivity contribution in [3.63, 3.8) is 0 Å². The van der Waals surface area contributed by atoms with Crippen LogP contribution in [0, 0.1) is 0 Å². The normalized spacial score (nSPS) is 14.5. The SMILES string of the molecule is CCN(CC)CCCNc1ncnc2c1CCCC2. The van der Waals surface area contributed by atoms with E-state index < -0.39 is 0 Å². The van der Waals surface area contributed by atoms with Gasteiger partial charge in [0.05, 0.1) is 0 Å². The largest absolute Gasteiger partial charge is 0.370 e. The Balaban J connectivity index is 1.83. The van der Waals surface area contributed by atoms with Gasteiger partial charge in [0.15, 0.2) is 0 Å². The second kappa shape index (κ2) is 7.43. The Morgan fingerprint density at radius 3 is 2.74 bits per heavy atom. The van der Waals surface area contributed by atoms with Crippen molar-refractivity contribution in [1.29, 1.82) is 0 Å². The van der Waals surface area contributed by atoms with Gasteiger partial charge in [-0.15, -0.1) is 0 Å². The van der Waals surface area contributed by atoms with E-state index in [-0.39, 0.29) is 0 Å². The predicted octanol–water partition coefficient (Wildman–Crippen LogP) is 2.50. The highest BCUT2D eigenvalue weighted by Crippen LogP contribution is 2.24. The van der Waals surface area contributed by atoms with Crippen LogP contribution in [-0.4, -0.2) is 41.0 Å². The van der Waals surface area contributed by atoms with Crippen molar-refractivity contribution in [3.8, 4) is 0 Å². The first kappa shape index (κ1) is 14.3. The van der Waals surface area contributed by atoms with E-state index in [2.05, 4.69) is 34.0 Å². The lowest BCUT2D eigenvalue weighted by Crippen LogP contribution is -2.25. The summed E-state index contributed by atoms with van der Waals surface area (Å²) in [5.41, 5.74) is 2.61. The van der Waals surface area contributed by atoms with Crippen LogP contribution in [0.4, 0.5) is 5.82 Å². The summed E-state index contributed by atoms with van der Waals surface area (Å²) in [4.78, 5) is 11.3. The molecule has 1 aromatic rings. The van der Waals surface area contributed by atoms with Gasteiger partial charge in [-0.3, -0.25) is 0 Å². The zero-order chi connectivity index (χ0) is 13.5. The van der Waals surface area contributed by atoms with Crippen molar-refractivity contribution in [3.05, 3.63) is 17.6 Å². The number of hydrogen-bond acceptors (Lipinski definition) is 4. The van der Waals surface area contributed by atoms with Crippen LogP contribution in [0.5, 0.6) is 0 Å². The molecule has 0 saturated carbocycles. The van der Waals surface area contributed by atoms with Crippen LogP contribution in [0.1, 0.15) is 44.4 Å². The van der Waals surface area contributed by atoms with Crippen LogP contribution >= 0.6 is 0 Å². The molecule has 0 bridgehead atoms. The summed E-state index contributed by atoms with van der Waals surface area (Å²) in [6.07, 6.45) is 7.66. The van der Waals surface area contributed by atoms with Crippen molar-refractivity contribution in [1.82, 2.24) is 14.9 Å². The molecule has 1 aliphatic carbocycles. The van der Waals surface area contributed by atoms with E-state index in [1.54, 1.807) is 6.33 Å². The summed E-state index contributed by atoms with van der Waals surface area (Å²) < 4.78 is 0. The molecular formula is C15H26N4. The van der Waals surface area contributed by atoms with Gasteiger partial charge >= 0.3 is 0 Å². The maximum atomic E-state index is 4.41. The second-order valence-electron chi connectivity index (χ2n) is 5.16. The third-order valence-corrected chi connectivity index (χ3v) is 3.96. The summed E-state index contributed by atoms with van der Waals surface area (Å²) in [7, 11) is 0. The maximum Gasteiger partial charge on any atom is 0.132 e. The number of aromatic nitrogens is 2. The first-order valence-electron chi connectivity index (χ1n) is 7.64. The molecule has 0 atom stereocenters. The molecule has 106 valence electrons. The lowest BCUT2D eigenvalue weighted by atomic mass is 9.96. The van der Waals surface area contributed by atoms with Gasteiger partial charge in [-0.2, -0.15) is 0 Å². The smallest absolute Gasteiger partial charge is 0.132 e. The highest BCUT2D eigenvalue weighted by molar-refractivity contribution is 5.46. The number of nitrogens with one attached hydrogen (secondary N) is 1. The number of fused-ring (bicyclic) bond motifs is 1. The summed E-state index contributed by atoms with van der Waals surface area (Å²) in [5.74, 6) is 1.07. The van der Waals surface area contributed by atoms with Crippen LogP contribution in [0.25, 0.3) is 0 Å². The van der Waals surface area contributed by atoms with Gasteiger partial charge in [-0.1, -0.05) is 13.8 Å². The molecule has 0 radical (unpaired) electrons. The van der Waals surface area contributed by atoms with Crippen LogP contribution < -0.4 is 5.32 Å². The Kier molecular flexibility index (Phi) is 5.58. The number of aryl methyl sites for hydroxylation is 1. The number of nitrogens with zero attached hydrogens (tertiary/aromatic N) is 3. The highest BCUT2D eigenvalue weighted by atomic mass is 15.1. The van der Waals surface area contributed by atoms with Gasteiger partial charge in [0.25, 0.3) is 0 Å². The minimum absolute atomic E-state index is 1.000. The van der Waals surface area contributed by atoms with Crippen LogP contribution in [0.15, 0.2) is 6.33 Å². The Hall–Kier alpha value is -1.16. The van der Waals surface area contributed by atoms with Gasteiger partial charge in [0.2, 0.25) is 0 Å². The molecule has 0 spiro atoms. The van der Waals surface area contributed by atoms with E-state index in [1.807, 2.05) is 0 Å². The molecule has 0 aliphatic heterocycles. The molecule has 2 rings (SSSR count). The molecule has 0 saturated heterocycles. The Bertz CT molecular complexity index is 388. The zero-order valence-electron chi connectivity index (χ0n) is 12.3. The van der Waals surface area contributed by atoms with E-state index in [4.69, 9.17) is 0 Å². The molecule has 0 aromatic carbocycles. The van der Waals surface area contributed by atoms with Gasteiger partial charge < -0.3 is 10.2 Å². The van der Waals surface area contributed by atoms with E-state index in [1.165, 1.54) is 30.5 Å². The predicted molar refractivity (Wildman–Crippen MR) is 79.6 cm³/mol. The molecule has 1 aliphatic rings. The summed E-state index contributed by atoms with van der Waals surface area (Å²) >= 11 is 0. The van der Waals surface area contributed by atoms with Crippen LogP contribution in [-0.2, 0) is 12.8 Å². The molecule has 1 aromatic heterocycles. The summed E-state index contributed by atoms with van der Waals surface area (Å²) in [6.45, 7) is 8.88. The summed E-state index contributed by atoms with van der Waals surface area (Å²) in [6, 6.07) is 0. The van der Waals surface area contributed by atoms with Gasteiger partial charge in [0.1, 0.15) is 12.1 Å².